The molecular formula is C13H14F3NO2. The third kappa shape index (κ3) is 2.15. The average molecular weight is 273 g/mol. The molecule has 3 nitrogen and oxygen atoms in total. The van der Waals surface area contributed by atoms with Crippen LogP contribution in [0.15, 0.2) is 18.2 Å². The summed E-state index contributed by atoms with van der Waals surface area (Å²) in [5.74, 6) is -0.632. The van der Waals surface area contributed by atoms with Crippen molar-refractivity contribution in [3.05, 3.63) is 23.8 Å². The Balaban J connectivity index is 2.52. The number of benzene rings is 1. The lowest BCUT2D eigenvalue weighted by molar-refractivity contribution is -0.274. The summed E-state index contributed by atoms with van der Waals surface area (Å²) in [4.78, 5) is 12.1. The van der Waals surface area contributed by atoms with Gasteiger partial charge in [0.2, 0.25) is 5.91 Å². The molecule has 1 aromatic rings. The number of halogens is 3. The quantitative estimate of drug-likeness (QED) is 0.913. The third-order valence-corrected chi connectivity index (χ3v) is 3.65. The number of amides is 1. The summed E-state index contributed by atoms with van der Waals surface area (Å²) in [6, 6.07) is 4.34. The van der Waals surface area contributed by atoms with Crippen molar-refractivity contribution in [2.24, 2.45) is 0 Å². The molecule has 1 amide bonds. The SMILES string of the molecule is CCC1(CC)C(=O)Nc2c(OC(F)(F)F)cccc21. The van der Waals surface area contributed by atoms with E-state index in [0.29, 0.717) is 18.4 Å². The summed E-state index contributed by atoms with van der Waals surface area (Å²) < 4.78 is 40.9. The molecule has 0 unspecified atom stereocenters. The van der Waals surface area contributed by atoms with Gasteiger partial charge in [0.1, 0.15) is 0 Å². The Morgan fingerprint density at radius 3 is 2.42 bits per heavy atom. The van der Waals surface area contributed by atoms with Crippen molar-refractivity contribution in [3.8, 4) is 5.75 Å². The molecule has 0 aliphatic carbocycles. The maximum absolute atomic E-state index is 12.3. The molecule has 6 heteroatoms. The van der Waals surface area contributed by atoms with Crippen LogP contribution in [-0.4, -0.2) is 12.3 Å². The normalized spacial score (nSPS) is 17.0. The summed E-state index contributed by atoms with van der Waals surface area (Å²) in [6.45, 7) is 3.69. The van der Waals surface area contributed by atoms with Crippen molar-refractivity contribution in [2.75, 3.05) is 5.32 Å². The summed E-state index contributed by atoms with van der Waals surface area (Å²) >= 11 is 0. The zero-order chi connectivity index (χ0) is 14.3. The van der Waals surface area contributed by atoms with Gasteiger partial charge in [0, 0.05) is 0 Å². The van der Waals surface area contributed by atoms with E-state index >= 15 is 0 Å². The van der Waals surface area contributed by atoms with Crippen LogP contribution in [0.5, 0.6) is 5.75 Å². The first-order chi connectivity index (χ1) is 8.84. The molecule has 0 aromatic heterocycles. The first kappa shape index (κ1) is 13.7. The summed E-state index contributed by atoms with van der Waals surface area (Å²) in [5.41, 5.74) is -0.0573. The molecule has 0 saturated carbocycles. The van der Waals surface area contributed by atoms with Gasteiger partial charge in [-0.05, 0) is 24.5 Å². The van der Waals surface area contributed by atoms with E-state index in [0.717, 1.165) is 0 Å². The standard InChI is InChI=1S/C13H14F3NO2/c1-3-12(4-2)8-6-5-7-9(19-13(14,15)16)10(8)17-11(12)18/h5-7H,3-4H2,1-2H3,(H,17,18). The molecule has 1 N–H and O–H groups in total. The van der Waals surface area contributed by atoms with Crippen molar-refractivity contribution < 1.29 is 22.7 Å². The van der Waals surface area contributed by atoms with Gasteiger partial charge in [-0.1, -0.05) is 26.0 Å². The highest BCUT2D eigenvalue weighted by atomic mass is 19.4. The lowest BCUT2D eigenvalue weighted by atomic mass is 9.77. The number of fused-ring (bicyclic) bond motifs is 1. The number of rotatable bonds is 3. The van der Waals surface area contributed by atoms with Crippen LogP contribution in [-0.2, 0) is 10.2 Å². The lowest BCUT2D eigenvalue weighted by Gasteiger charge is -2.24. The molecule has 19 heavy (non-hydrogen) atoms. The second kappa shape index (κ2) is 4.43. The molecule has 1 aliphatic heterocycles. The molecule has 1 aliphatic rings. The van der Waals surface area contributed by atoms with Gasteiger partial charge in [-0.3, -0.25) is 4.79 Å². The Labute approximate surface area is 108 Å². The second-order valence-electron chi connectivity index (χ2n) is 4.47. The predicted molar refractivity (Wildman–Crippen MR) is 64.0 cm³/mol. The van der Waals surface area contributed by atoms with Crippen molar-refractivity contribution in [1.29, 1.82) is 0 Å². The maximum atomic E-state index is 12.3. The second-order valence-corrected chi connectivity index (χ2v) is 4.47. The molecule has 2 rings (SSSR count). The number of hydrogen-bond acceptors (Lipinski definition) is 2. The van der Waals surface area contributed by atoms with Crippen LogP contribution in [0.2, 0.25) is 0 Å². The van der Waals surface area contributed by atoms with Gasteiger partial charge >= 0.3 is 6.36 Å². The number of alkyl halides is 3. The van der Waals surface area contributed by atoms with E-state index in [9.17, 15) is 18.0 Å². The smallest absolute Gasteiger partial charge is 0.404 e. The Kier molecular flexibility index (Phi) is 3.20. The minimum absolute atomic E-state index is 0.133. The van der Waals surface area contributed by atoms with Crippen LogP contribution >= 0.6 is 0 Å². The zero-order valence-electron chi connectivity index (χ0n) is 10.6. The van der Waals surface area contributed by atoms with Gasteiger partial charge in [0.25, 0.3) is 0 Å². The van der Waals surface area contributed by atoms with E-state index in [1.54, 1.807) is 6.07 Å². The lowest BCUT2D eigenvalue weighted by Crippen LogP contribution is -2.32. The molecule has 0 spiro atoms. The monoisotopic (exact) mass is 273 g/mol. The van der Waals surface area contributed by atoms with E-state index in [-0.39, 0.29) is 17.3 Å². The molecule has 0 saturated heterocycles. The fourth-order valence-corrected chi connectivity index (χ4v) is 2.58. The molecular weight excluding hydrogens is 259 g/mol. The van der Waals surface area contributed by atoms with E-state index in [4.69, 9.17) is 0 Å². The topological polar surface area (TPSA) is 38.3 Å². The highest BCUT2D eigenvalue weighted by Gasteiger charge is 2.46. The summed E-state index contributed by atoms with van der Waals surface area (Å²) in [6.07, 6.45) is -3.72. The number of carbonyl (C=O) groups is 1. The van der Waals surface area contributed by atoms with Crippen molar-refractivity contribution in [3.63, 3.8) is 0 Å². The van der Waals surface area contributed by atoms with E-state index in [2.05, 4.69) is 10.1 Å². The van der Waals surface area contributed by atoms with Gasteiger partial charge in [0.05, 0.1) is 11.1 Å². The number of hydrogen-bond donors (Lipinski definition) is 1. The molecule has 0 fully saturated rings. The number of carbonyl (C=O) groups excluding carboxylic acids is 1. The van der Waals surface area contributed by atoms with Crippen LogP contribution in [0.3, 0.4) is 0 Å². The number of ether oxygens (including phenoxy) is 1. The fourth-order valence-electron chi connectivity index (χ4n) is 2.58. The zero-order valence-corrected chi connectivity index (χ0v) is 10.6. The Hall–Kier alpha value is -1.72. The Bertz CT molecular complexity index is 507. The van der Waals surface area contributed by atoms with Crippen molar-refractivity contribution >= 4 is 11.6 Å². The van der Waals surface area contributed by atoms with E-state index < -0.39 is 11.8 Å². The number of para-hydroxylation sites is 1. The minimum Gasteiger partial charge on any atom is -0.404 e. The number of anilines is 1. The van der Waals surface area contributed by atoms with Crippen LogP contribution < -0.4 is 10.1 Å². The highest BCUT2D eigenvalue weighted by molar-refractivity contribution is 6.07. The van der Waals surface area contributed by atoms with Crippen molar-refractivity contribution in [2.45, 2.75) is 38.5 Å². The van der Waals surface area contributed by atoms with Crippen LogP contribution in [0, 0.1) is 0 Å². The molecule has 0 bridgehead atoms. The van der Waals surface area contributed by atoms with Gasteiger partial charge in [-0.25, -0.2) is 0 Å². The Morgan fingerprint density at radius 1 is 1.26 bits per heavy atom. The fraction of sp³-hybridized carbons (Fsp3) is 0.462. The Morgan fingerprint density at radius 2 is 1.89 bits per heavy atom. The largest absolute Gasteiger partial charge is 0.573 e. The van der Waals surface area contributed by atoms with Crippen LogP contribution in [0.25, 0.3) is 0 Å². The van der Waals surface area contributed by atoms with Crippen molar-refractivity contribution in [1.82, 2.24) is 0 Å². The first-order valence-corrected chi connectivity index (χ1v) is 6.04. The van der Waals surface area contributed by atoms with Crippen LogP contribution in [0.1, 0.15) is 32.3 Å². The summed E-state index contributed by atoms with van der Waals surface area (Å²) in [5, 5.41) is 2.52. The minimum atomic E-state index is -4.77. The first-order valence-electron chi connectivity index (χ1n) is 6.04. The molecule has 1 heterocycles. The van der Waals surface area contributed by atoms with E-state index in [1.165, 1.54) is 12.1 Å². The molecule has 0 radical (unpaired) electrons. The molecule has 104 valence electrons. The van der Waals surface area contributed by atoms with Gasteiger partial charge in [-0.2, -0.15) is 0 Å². The van der Waals surface area contributed by atoms with E-state index in [1.807, 2.05) is 13.8 Å². The van der Waals surface area contributed by atoms with Gasteiger partial charge < -0.3 is 10.1 Å². The van der Waals surface area contributed by atoms with Gasteiger partial charge in [-0.15, -0.1) is 13.2 Å². The van der Waals surface area contributed by atoms with Gasteiger partial charge in [0.15, 0.2) is 5.75 Å². The van der Waals surface area contributed by atoms with Crippen LogP contribution in [0.4, 0.5) is 18.9 Å². The summed E-state index contributed by atoms with van der Waals surface area (Å²) in [7, 11) is 0. The maximum Gasteiger partial charge on any atom is 0.573 e. The predicted octanol–water partition coefficient (Wildman–Crippen LogP) is 3.60. The highest BCUT2D eigenvalue weighted by Crippen LogP contribution is 2.47. The molecule has 1 aromatic carbocycles. The number of nitrogens with one attached hydrogen (secondary N) is 1. The third-order valence-electron chi connectivity index (χ3n) is 3.65. The average Bonchev–Trinajstić information content (AvgIpc) is 2.61. The molecule has 0 atom stereocenters.